The number of nitrogens with zero attached hydrogens (tertiary/aromatic N) is 3. The fourth-order valence-corrected chi connectivity index (χ4v) is 1.44. The van der Waals surface area contributed by atoms with E-state index in [4.69, 9.17) is 6.42 Å². The lowest BCUT2D eigenvalue weighted by molar-refractivity contribution is 0.843. The van der Waals surface area contributed by atoms with E-state index in [2.05, 4.69) is 21.1 Å². The van der Waals surface area contributed by atoms with Crippen molar-refractivity contribution in [2.24, 2.45) is 0 Å². The van der Waals surface area contributed by atoms with Crippen LogP contribution in [0, 0.1) is 19.3 Å². The molecule has 1 rings (SSSR count). The van der Waals surface area contributed by atoms with Crippen LogP contribution in [0.4, 0.5) is 0 Å². The standard InChI is InChI=1S/C8H9N3S/c1-3-4-5-12-8-7(2)9-6-10-11-8/h1,6H,4-5H2,2H3. The molecule has 3 nitrogen and oxygen atoms in total. The van der Waals surface area contributed by atoms with Crippen molar-refractivity contribution in [2.75, 3.05) is 5.75 Å². The average Bonchev–Trinajstić information content (AvgIpc) is 2.09. The Morgan fingerprint density at radius 1 is 1.67 bits per heavy atom. The van der Waals surface area contributed by atoms with Gasteiger partial charge in [0.15, 0.2) is 0 Å². The molecule has 62 valence electrons. The summed E-state index contributed by atoms with van der Waals surface area (Å²) in [4.78, 5) is 4.01. The van der Waals surface area contributed by atoms with Gasteiger partial charge in [-0.2, -0.15) is 0 Å². The second kappa shape index (κ2) is 4.73. The highest BCUT2D eigenvalue weighted by atomic mass is 32.2. The van der Waals surface area contributed by atoms with Crippen molar-refractivity contribution in [1.82, 2.24) is 15.2 Å². The number of hydrogen-bond acceptors (Lipinski definition) is 4. The fraction of sp³-hybridized carbons (Fsp3) is 0.375. The third kappa shape index (κ3) is 2.51. The minimum Gasteiger partial charge on any atom is -0.237 e. The molecule has 0 aliphatic heterocycles. The Kier molecular flexibility index (Phi) is 3.55. The lowest BCUT2D eigenvalue weighted by atomic mass is 10.5. The third-order valence-corrected chi connectivity index (χ3v) is 2.31. The zero-order chi connectivity index (χ0) is 8.81. The summed E-state index contributed by atoms with van der Waals surface area (Å²) in [5.41, 5.74) is 0.909. The van der Waals surface area contributed by atoms with Gasteiger partial charge < -0.3 is 0 Å². The van der Waals surface area contributed by atoms with E-state index in [1.807, 2.05) is 6.92 Å². The Hall–Kier alpha value is -1.08. The molecule has 0 atom stereocenters. The first-order valence-electron chi connectivity index (χ1n) is 3.55. The highest BCUT2D eigenvalue weighted by Gasteiger charge is 1.99. The van der Waals surface area contributed by atoms with Gasteiger partial charge in [0, 0.05) is 12.2 Å². The van der Waals surface area contributed by atoms with Crippen LogP contribution < -0.4 is 0 Å². The van der Waals surface area contributed by atoms with Gasteiger partial charge in [0.2, 0.25) is 0 Å². The molecular weight excluding hydrogens is 170 g/mol. The maximum absolute atomic E-state index is 5.12. The number of hydrogen-bond donors (Lipinski definition) is 0. The SMILES string of the molecule is C#CCCSc1nncnc1C. The van der Waals surface area contributed by atoms with Crippen molar-refractivity contribution >= 4 is 11.8 Å². The number of rotatable bonds is 3. The first-order valence-corrected chi connectivity index (χ1v) is 4.53. The van der Waals surface area contributed by atoms with Gasteiger partial charge in [-0.1, -0.05) is 0 Å². The van der Waals surface area contributed by atoms with Crippen LogP contribution in [0.25, 0.3) is 0 Å². The molecule has 1 aromatic heterocycles. The molecule has 0 aromatic carbocycles. The molecule has 12 heavy (non-hydrogen) atoms. The van der Waals surface area contributed by atoms with Gasteiger partial charge in [-0.15, -0.1) is 34.3 Å². The molecular formula is C8H9N3S. The van der Waals surface area contributed by atoms with Gasteiger partial charge in [-0.25, -0.2) is 4.98 Å². The van der Waals surface area contributed by atoms with Gasteiger partial charge in [-0.3, -0.25) is 0 Å². The van der Waals surface area contributed by atoms with Gasteiger partial charge in [0.1, 0.15) is 11.4 Å². The van der Waals surface area contributed by atoms with Crippen LogP contribution in [0.1, 0.15) is 12.1 Å². The van der Waals surface area contributed by atoms with Gasteiger partial charge in [0.05, 0.1) is 5.69 Å². The number of terminal acetylenes is 1. The predicted octanol–water partition coefficient (Wildman–Crippen LogP) is 1.30. The van der Waals surface area contributed by atoms with Crippen molar-refractivity contribution in [3.63, 3.8) is 0 Å². The van der Waals surface area contributed by atoms with Gasteiger partial charge in [-0.05, 0) is 6.92 Å². The van der Waals surface area contributed by atoms with Crippen LogP contribution in [0.3, 0.4) is 0 Å². The summed E-state index contributed by atoms with van der Waals surface area (Å²) in [6.45, 7) is 1.91. The second-order valence-electron chi connectivity index (χ2n) is 2.15. The zero-order valence-electron chi connectivity index (χ0n) is 6.82. The number of aryl methyl sites for hydroxylation is 1. The molecule has 0 aliphatic carbocycles. The summed E-state index contributed by atoms with van der Waals surface area (Å²) >= 11 is 1.59. The van der Waals surface area contributed by atoms with Crippen LogP contribution >= 0.6 is 11.8 Å². The molecule has 0 aliphatic rings. The number of thioether (sulfide) groups is 1. The van der Waals surface area contributed by atoms with Crippen LogP contribution in [0.2, 0.25) is 0 Å². The summed E-state index contributed by atoms with van der Waals surface area (Å²) in [5.74, 6) is 3.44. The Balaban J connectivity index is 2.53. The average molecular weight is 179 g/mol. The highest BCUT2D eigenvalue weighted by Crippen LogP contribution is 2.16. The Morgan fingerprint density at radius 2 is 2.50 bits per heavy atom. The van der Waals surface area contributed by atoms with Crippen LogP contribution in [-0.2, 0) is 0 Å². The summed E-state index contributed by atoms with van der Waals surface area (Å²) in [6.07, 6.45) is 7.31. The molecule has 0 unspecified atom stereocenters. The molecule has 0 N–H and O–H groups in total. The predicted molar refractivity (Wildman–Crippen MR) is 48.7 cm³/mol. The van der Waals surface area contributed by atoms with E-state index >= 15 is 0 Å². The van der Waals surface area contributed by atoms with Crippen LogP contribution in [0.15, 0.2) is 11.4 Å². The van der Waals surface area contributed by atoms with E-state index in [-0.39, 0.29) is 0 Å². The normalized spacial score (nSPS) is 9.33. The Labute approximate surface area is 76.0 Å². The third-order valence-electron chi connectivity index (χ3n) is 1.25. The summed E-state index contributed by atoms with van der Waals surface area (Å²) in [6, 6.07) is 0. The molecule has 0 spiro atoms. The smallest absolute Gasteiger partial charge is 0.140 e. The minimum absolute atomic E-state index is 0.751. The molecule has 4 heteroatoms. The van der Waals surface area contributed by atoms with E-state index in [9.17, 15) is 0 Å². The molecule has 1 heterocycles. The van der Waals surface area contributed by atoms with Crippen molar-refractivity contribution < 1.29 is 0 Å². The highest BCUT2D eigenvalue weighted by molar-refractivity contribution is 7.99. The summed E-state index contributed by atoms with van der Waals surface area (Å²) < 4.78 is 0. The van der Waals surface area contributed by atoms with Crippen molar-refractivity contribution in [1.29, 1.82) is 0 Å². The van der Waals surface area contributed by atoms with Crippen LogP contribution in [0.5, 0.6) is 0 Å². The Morgan fingerprint density at radius 3 is 3.17 bits per heavy atom. The van der Waals surface area contributed by atoms with E-state index in [0.29, 0.717) is 0 Å². The zero-order valence-corrected chi connectivity index (χ0v) is 7.64. The quantitative estimate of drug-likeness (QED) is 0.398. The topological polar surface area (TPSA) is 38.7 Å². The van der Waals surface area contributed by atoms with Crippen molar-refractivity contribution in [3.8, 4) is 12.3 Å². The van der Waals surface area contributed by atoms with E-state index in [1.165, 1.54) is 6.33 Å². The first-order chi connectivity index (χ1) is 5.84. The Bertz CT molecular complexity index is 293. The first kappa shape index (κ1) is 9.01. The molecule has 0 bridgehead atoms. The fourth-order valence-electron chi connectivity index (χ4n) is 0.658. The lowest BCUT2D eigenvalue weighted by Crippen LogP contribution is -1.92. The van der Waals surface area contributed by atoms with Gasteiger partial charge in [0.25, 0.3) is 0 Å². The molecule has 0 fully saturated rings. The van der Waals surface area contributed by atoms with Crippen molar-refractivity contribution in [2.45, 2.75) is 18.4 Å². The largest absolute Gasteiger partial charge is 0.237 e. The maximum atomic E-state index is 5.12. The van der Waals surface area contributed by atoms with Crippen LogP contribution in [-0.4, -0.2) is 20.9 Å². The minimum atomic E-state index is 0.751. The molecule has 0 amide bonds. The molecule has 0 radical (unpaired) electrons. The number of aromatic nitrogens is 3. The molecule has 0 saturated heterocycles. The molecule has 0 saturated carbocycles. The van der Waals surface area contributed by atoms with E-state index in [0.717, 1.165) is 22.9 Å². The lowest BCUT2D eigenvalue weighted by Gasteiger charge is -1.98. The van der Waals surface area contributed by atoms with E-state index in [1.54, 1.807) is 11.8 Å². The summed E-state index contributed by atoms with van der Waals surface area (Å²) in [7, 11) is 0. The summed E-state index contributed by atoms with van der Waals surface area (Å²) in [5, 5.41) is 8.49. The maximum Gasteiger partial charge on any atom is 0.140 e. The van der Waals surface area contributed by atoms with Gasteiger partial charge >= 0.3 is 0 Å². The second-order valence-corrected chi connectivity index (χ2v) is 3.24. The van der Waals surface area contributed by atoms with Crippen molar-refractivity contribution in [3.05, 3.63) is 12.0 Å². The molecule has 1 aromatic rings. The van der Waals surface area contributed by atoms with E-state index < -0.39 is 0 Å². The monoisotopic (exact) mass is 179 g/mol.